The molecule has 2 N–H and O–H groups in total. The Morgan fingerprint density at radius 3 is 2.65 bits per heavy atom. The first-order valence-electron chi connectivity index (χ1n) is 9.93. The second kappa shape index (κ2) is 8.38. The Labute approximate surface area is 162 Å². The lowest BCUT2D eigenvalue weighted by Crippen LogP contribution is -2.46. The number of hydrogen-bond acceptors (Lipinski definition) is 2. The summed E-state index contributed by atoms with van der Waals surface area (Å²) in [6.45, 7) is 10.7. The molecule has 1 heterocycles. The summed E-state index contributed by atoms with van der Waals surface area (Å²) in [6.07, 6.45) is 6.02. The van der Waals surface area contributed by atoms with Crippen LogP contribution >= 0.6 is 12.2 Å². The summed E-state index contributed by atoms with van der Waals surface area (Å²) >= 11 is 5.73. The fourth-order valence-corrected chi connectivity index (χ4v) is 4.07. The van der Waals surface area contributed by atoms with E-state index in [1.165, 1.54) is 36.8 Å². The molecule has 0 spiro atoms. The lowest BCUT2D eigenvalue weighted by atomic mass is 10.1. The molecule has 4 nitrogen and oxygen atoms in total. The van der Waals surface area contributed by atoms with Gasteiger partial charge in [0.1, 0.15) is 5.82 Å². The van der Waals surface area contributed by atoms with E-state index < -0.39 is 0 Å². The third kappa shape index (κ3) is 4.76. The second-order valence-electron chi connectivity index (χ2n) is 8.16. The quantitative estimate of drug-likeness (QED) is 0.733. The number of aromatic amines is 1. The maximum absolute atomic E-state index is 5.73. The summed E-state index contributed by atoms with van der Waals surface area (Å²) in [5, 5.41) is 4.50. The first kappa shape index (κ1) is 19.2. The minimum absolute atomic E-state index is 0.564. The van der Waals surface area contributed by atoms with Gasteiger partial charge in [-0.15, -0.1) is 0 Å². The minimum atomic E-state index is 0.564. The predicted octanol–water partition coefficient (Wildman–Crippen LogP) is 4.50. The number of hydrogen-bond donors (Lipinski definition) is 2. The zero-order chi connectivity index (χ0) is 18.7. The van der Waals surface area contributed by atoms with E-state index in [9.17, 15) is 0 Å². The molecule has 1 aromatic heterocycles. The van der Waals surface area contributed by atoms with Crippen molar-refractivity contribution in [3.63, 3.8) is 0 Å². The maximum Gasteiger partial charge on any atom is 0.169 e. The Bertz CT molecular complexity index is 720. The van der Waals surface area contributed by atoms with Crippen LogP contribution in [-0.4, -0.2) is 39.1 Å². The normalized spacial score (nSPS) is 15.1. The molecule has 0 amide bonds. The van der Waals surface area contributed by atoms with Crippen molar-refractivity contribution in [1.29, 1.82) is 0 Å². The number of aromatic nitrogens is 2. The van der Waals surface area contributed by atoms with Crippen LogP contribution in [0.5, 0.6) is 0 Å². The molecule has 1 fully saturated rings. The van der Waals surface area contributed by atoms with Crippen LogP contribution in [0.3, 0.4) is 0 Å². The van der Waals surface area contributed by atoms with E-state index in [2.05, 4.69) is 55.0 Å². The third-order valence-electron chi connectivity index (χ3n) is 5.32. The molecule has 0 radical (unpaired) electrons. The van der Waals surface area contributed by atoms with Crippen molar-refractivity contribution in [3.05, 3.63) is 29.1 Å². The Kier molecular flexibility index (Phi) is 6.17. The molecule has 1 aromatic carbocycles. The van der Waals surface area contributed by atoms with Gasteiger partial charge in [-0.2, -0.15) is 0 Å². The molecular formula is C21H32N4S. The molecule has 142 valence electrons. The van der Waals surface area contributed by atoms with Crippen molar-refractivity contribution in [2.45, 2.75) is 65.8 Å². The van der Waals surface area contributed by atoms with Crippen molar-refractivity contribution in [2.24, 2.45) is 5.92 Å². The molecule has 1 aliphatic carbocycles. The van der Waals surface area contributed by atoms with Crippen molar-refractivity contribution in [3.8, 4) is 0 Å². The number of benzene rings is 1. The Balaban J connectivity index is 1.65. The van der Waals surface area contributed by atoms with Gasteiger partial charge in [0.05, 0.1) is 11.0 Å². The Morgan fingerprint density at radius 1 is 1.27 bits per heavy atom. The second-order valence-corrected chi connectivity index (χ2v) is 8.54. The summed E-state index contributed by atoms with van der Waals surface area (Å²) in [6, 6.07) is 4.93. The highest BCUT2D eigenvalue weighted by atomic mass is 32.1. The molecule has 0 atom stereocenters. The molecular weight excluding hydrogens is 340 g/mol. The highest BCUT2D eigenvalue weighted by Gasteiger charge is 2.19. The van der Waals surface area contributed by atoms with Crippen LogP contribution in [0.2, 0.25) is 0 Å². The van der Waals surface area contributed by atoms with E-state index >= 15 is 0 Å². The van der Waals surface area contributed by atoms with E-state index in [-0.39, 0.29) is 0 Å². The molecule has 1 aliphatic rings. The van der Waals surface area contributed by atoms with E-state index in [0.29, 0.717) is 12.0 Å². The highest BCUT2D eigenvalue weighted by Crippen LogP contribution is 2.19. The smallest absolute Gasteiger partial charge is 0.169 e. The fraction of sp³-hybridized carbons (Fsp3) is 0.619. The number of H-pyrrole nitrogens is 1. The molecule has 1 saturated carbocycles. The van der Waals surface area contributed by atoms with Crippen molar-refractivity contribution < 1.29 is 0 Å². The van der Waals surface area contributed by atoms with Gasteiger partial charge in [0.25, 0.3) is 0 Å². The first-order chi connectivity index (χ1) is 12.4. The number of rotatable bonds is 6. The van der Waals surface area contributed by atoms with E-state index in [1.54, 1.807) is 0 Å². The SMILES string of the molecule is Cc1cc2nc(CCN(CC(C)C)C(=S)NC3CCCC3)[nH]c2cc1C. The number of thiocarbonyl (C=S) groups is 1. The van der Waals surface area contributed by atoms with Crippen LogP contribution in [0.1, 0.15) is 56.5 Å². The maximum atomic E-state index is 5.73. The van der Waals surface area contributed by atoms with Gasteiger partial charge in [-0.3, -0.25) is 0 Å². The van der Waals surface area contributed by atoms with Gasteiger partial charge in [0, 0.05) is 25.6 Å². The summed E-state index contributed by atoms with van der Waals surface area (Å²) in [5.41, 5.74) is 4.78. The van der Waals surface area contributed by atoms with Crippen molar-refractivity contribution in [2.75, 3.05) is 13.1 Å². The molecule has 0 aliphatic heterocycles. The van der Waals surface area contributed by atoms with Crippen LogP contribution in [0.25, 0.3) is 11.0 Å². The van der Waals surface area contributed by atoms with Gasteiger partial charge in [0.2, 0.25) is 0 Å². The van der Waals surface area contributed by atoms with Crippen molar-refractivity contribution in [1.82, 2.24) is 20.2 Å². The molecule has 0 unspecified atom stereocenters. The lowest BCUT2D eigenvalue weighted by Gasteiger charge is -2.29. The number of nitrogens with zero attached hydrogens (tertiary/aromatic N) is 2. The molecule has 0 bridgehead atoms. The van der Waals surface area contributed by atoms with Gasteiger partial charge in [-0.25, -0.2) is 4.98 Å². The van der Waals surface area contributed by atoms with Crippen molar-refractivity contribution >= 4 is 28.4 Å². The van der Waals surface area contributed by atoms with E-state index in [0.717, 1.165) is 41.5 Å². The van der Waals surface area contributed by atoms with Gasteiger partial charge in [-0.1, -0.05) is 26.7 Å². The Hall–Kier alpha value is -1.62. The summed E-state index contributed by atoms with van der Waals surface area (Å²) in [4.78, 5) is 10.6. The number of fused-ring (bicyclic) bond motifs is 1. The molecule has 3 rings (SSSR count). The standard InChI is InChI=1S/C21H32N4S/c1-14(2)13-25(21(26)22-17-7-5-6-8-17)10-9-20-23-18-11-15(3)16(4)12-19(18)24-20/h11-12,14,17H,5-10,13H2,1-4H3,(H,22,26)(H,23,24). The van der Waals surface area contributed by atoms with E-state index in [4.69, 9.17) is 17.2 Å². The summed E-state index contributed by atoms with van der Waals surface area (Å²) < 4.78 is 0. The average Bonchev–Trinajstić information content (AvgIpc) is 3.21. The minimum Gasteiger partial charge on any atom is -0.360 e. The zero-order valence-corrected chi connectivity index (χ0v) is 17.4. The molecule has 2 aromatic rings. The topological polar surface area (TPSA) is 44.0 Å². The lowest BCUT2D eigenvalue weighted by molar-refractivity contribution is 0.356. The summed E-state index contributed by atoms with van der Waals surface area (Å²) in [7, 11) is 0. The third-order valence-corrected chi connectivity index (χ3v) is 5.70. The van der Waals surface area contributed by atoms with Crippen LogP contribution in [0.4, 0.5) is 0 Å². The largest absolute Gasteiger partial charge is 0.360 e. The van der Waals surface area contributed by atoms with Gasteiger partial charge >= 0.3 is 0 Å². The fourth-order valence-electron chi connectivity index (χ4n) is 3.73. The Morgan fingerprint density at radius 2 is 1.96 bits per heavy atom. The van der Waals surface area contributed by atoms with Crippen LogP contribution in [-0.2, 0) is 6.42 Å². The number of nitrogens with one attached hydrogen (secondary N) is 2. The van der Waals surface area contributed by atoms with Gasteiger partial charge in [0.15, 0.2) is 5.11 Å². The van der Waals surface area contributed by atoms with Gasteiger partial charge < -0.3 is 15.2 Å². The van der Waals surface area contributed by atoms with E-state index in [1.807, 2.05) is 0 Å². The number of imidazole rings is 1. The molecule has 0 saturated heterocycles. The van der Waals surface area contributed by atoms with Gasteiger partial charge in [-0.05, 0) is 68.1 Å². The zero-order valence-electron chi connectivity index (χ0n) is 16.6. The van der Waals surface area contributed by atoms with Crippen LogP contribution in [0.15, 0.2) is 12.1 Å². The monoisotopic (exact) mass is 372 g/mol. The summed E-state index contributed by atoms with van der Waals surface area (Å²) in [5.74, 6) is 1.63. The highest BCUT2D eigenvalue weighted by molar-refractivity contribution is 7.80. The number of aryl methyl sites for hydroxylation is 2. The molecule has 5 heteroatoms. The predicted molar refractivity (Wildman–Crippen MR) is 114 cm³/mol. The average molecular weight is 373 g/mol. The molecule has 26 heavy (non-hydrogen) atoms. The van der Waals surface area contributed by atoms with Crippen LogP contribution < -0.4 is 5.32 Å². The first-order valence-corrected chi connectivity index (χ1v) is 10.3. The van der Waals surface area contributed by atoms with Crippen LogP contribution in [0, 0.1) is 19.8 Å².